The van der Waals surface area contributed by atoms with Crippen molar-refractivity contribution in [2.24, 2.45) is 5.92 Å². The Balaban J connectivity index is 2.24. The third kappa shape index (κ3) is 3.17. The highest BCUT2D eigenvalue weighted by Crippen LogP contribution is 2.40. The van der Waals surface area contributed by atoms with Crippen LogP contribution in [0.15, 0.2) is 10.7 Å². The van der Waals surface area contributed by atoms with E-state index in [1.807, 2.05) is 0 Å². The van der Waals surface area contributed by atoms with E-state index < -0.39 is 5.67 Å². The summed E-state index contributed by atoms with van der Waals surface area (Å²) in [6.45, 7) is 4.46. The highest BCUT2D eigenvalue weighted by atomic mass is 79.9. The molecule has 0 aliphatic carbocycles. The SMILES string of the molecule is COCCn1ncc(Br)c1C(C)(F)C1CCCNC1. The number of methoxy groups -OCH3 is 1. The third-order valence-electron chi connectivity index (χ3n) is 3.83. The maximum atomic E-state index is 15.3. The van der Waals surface area contributed by atoms with Gasteiger partial charge in [-0.05, 0) is 42.2 Å². The lowest BCUT2D eigenvalue weighted by Crippen LogP contribution is -2.41. The summed E-state index contributed by atoms with van der Waals surface area (Å²) >= 11 is 3.43. The Labute approximate surface area is 121 Å². The Morgan fingerprint density at radius 2 is 2.47 bits per heavy atom. The van der Waals surface area contributed by atoms with Gasteiger partial charge in [-0.1, -0.05) is 0 Å². The predicted octanol–water partition coefficient (Wildman–Crippen LogP) is 2.48. The molecule has 1 aliphatic rings. The fraction of sp³-hybridized carbons (Fsp3) is 0.769. The van der Waals surface area contributed by atoms with E-state index in [4.69, 9.17) is 4.74 Å². The molecule has 2 atom stereocenters. The van der Waals surface area contributed by atoms with Crippen molar-refractivity contribution in [2.45, 2.75) is 32.0 Å². The molecule has 2 heterocycles. The average molecular weight is 334 g/mol. The molecule has 0 saturated carbocycles. The quantitative estimate of drug-likeness (QED) is 0.899. The van der Waals surface area contributed by atoms with Crippen LogP contribution in [-0.4, -0.2) is 36.6 Å². The van der Waals surface area contributed by atoms with Crippen molar-refractivity contribution in [1.29, 1.82) is 0 Å². The number of rotatable bonds is 5. The molecular formula is C13H21BrFN3O. The zero-order chi connectivity index (χ0) is 13.9. The van der Waals surface area contributed by atoms with Crippen molar-refractivity contribution >= 4 is 15.9 Å². The zero-order valence-electron chi connectivity index (χ0n) is 11.5. The minimum atomic E-state index is -1.39. The van der Waals surface area contributed by atoms with Crippen molar-refractivity contribution in [2.75, 3.05) is 26.8 Å². The first-order chi connectivity index (χ1) is 9.07. The highest BCUT2D eigenvalue weighted by molar-refractivity contribution is 9.10. The Morgan fingerprint density at radius 1 is 1.68 bits per heavy atom. The second-order valence-corrected chi connectivity index (χ2v) is 6.03. The Hall–Kier alpha value is -0.460. The van der Waals surface area contributed by atoms with Gasteiger partial charge in [-0.3, -0.25) is 4.68 Å². The zero-order valence-corrected chi connectivity index (χ0v) is 13.0. The minimum Gasteiger partial charge on any atom is -0.383 e. The monoisotopic (exact) mass is 333 g/mol. The van der Waals surface area contributed by atoms with Crippen molar-refractivity contribution in [1.82, 2.24) is 15.1 Å². The molecule has 2 unspecified atom stereocenters. The number of alkyl halides is 1. The van der Waals surface area contributed by atoms with Crippen LogP contribution < -0.4 is 5.32 Å². The molecule has 1 aliphatic heterocycles. The summed E-state index contributed by atoms with van der Waals surface area (Å²) in [5, 5.41) is 7.52. The minimum absolute atomic E-state index is 0.0180. The summed E-state index contributed by atoms with van der Waals surface area (Å²) in [6.07, 6.45) is 3.59. The van der Waals surface area contributed by atoms with E-state index in [9.17, 15) is 0 Å². The van der Waals surface area contributed by atoms with Crippen molar-refractivity contribution in [3.8, 4) is 0 Å². The molecule has 1 saturated heterocycles. The summed E-state index contributed by atoms with van der Waals surface area (Å²) in [6, 6.07) is 0. The number of nitrogens with one attached hydrogen (secondary N) is 1. The normalized spacial score (nSPS) is 23.3. The third-order valence-corrected chi connectivity index (χ3v) is 4.41. The summed E-state index contributed by atoms with van der Waals surface area (Å²) in [5.74, 6) is -0.0180. The average Bonchev–Trinajstić information content (AvgIpc) is 2.79. The van der Waals surface area contributed by atoms with Gasteiger partial charge in [-0.25, -0.2) is 4.39 Å². The van der Waals surface area contributed by atoms with Crippen LogP contribution in [0.1, 0.15) is 25.5 Å². The predicted molar refractivity (Wildman–Crippen MR) is 75.9 cm³/mol. The molecular weight excluding hydrogens is 313 g/mol. The lowest BCUT2D eigenvalue weighted by Gasteiger charge is -2.34. The second kappa shape index (κ2) is 6.33. The summed E-state index contributed by atoms with van der Waals surface area (Å²) in [7, 11) is 1.64. The standard InChI is InChI=1S/C13H21BrFN3O/c1-13(15,10-4-3-5-16-8-10)12-11(14)9-17-18(12)6-7-19-2/h9-10,16H,3-8H2,1-2H3. The van der Waals surface area contributed by atoms with Gasteiger partial charge in [0.15, 0.2) is 5.67 Å². The van der Waals surface area contributed by atoms with Gasteiger partial charge in [-0.15, -0.1) is 0 Å². The molecule has 108 valence electrons. The van der Waals surface area contributed by atoms with Gasteiger partial charge in [0.2, 0.25) is 0 Å². The van der Waals surface area contributed by atoms with Crippen LogP contribution >= 0.6 is 15.9 Å². The highest BCUT2D eigenvalue weighted by Gasteiger charge is 2.40. The van der Waals surface area contributed by atoms with Gasteiger partial charge in [-0.2, -0.15) is 5.10 Å². The van der Waals surface area contributed by atoms with Crippen LogP contribution in [0.4, 0.5) is 4.39 Å². The fourth-order valence-corrected chi connectivity index (χ4v) is 3.39. The van der Waals surface area contributed by atoms with E-state index in [0.29, 0.717) is 18.8 Å². The molecule has 1 aromatic rings. The van der Waals surface area contributed by atoms with Gasteiger partial charge in [0, 0.05) is 19.6 Å². The van der Waals surface area contributed by atoms with Gasteiger partial charge in [0.05, 0.1) is 29.5 Å². The van der Waals surface area contributed by atoms with Crippen molar-refractivity contribution in [3.05, 3.63) is 16.4 Å². The topological polar surface area (TPSA) is 39.1 Å². The Morgan fingerprint density at radius 3 is 3.11 bits per heavy atom. The second-order valence-electron chi connectivity index (χ2n) is 5.18. The number of aromatic nitrogens is 2. The molecule has 0 bridgehead atoms. The maximum Gasteiger partial charge on any atom is 0.154 e. The molecule has 0 radical (unpaired) electrons. The lowest BCUT2D eigenvalue weighted by atomic mass is 9.82. The summed E-state index contributed by atoms with van der Waals surface area (Å²) < 4.78 is 22.8. The number of hydrogen-bond donors (Lipinski definition) is 1. The molecule has 1 fully saturated rings. The fourth-order valence-electron chi connectivity index (χ4n) is 2.70. The summed E-state index contributed by atoms with van der Waals surface area (Å²) in [4.78, 5) is 0. The van der Waals surface area contributed by atoms with Crippen LogP contribution in [0, 0.1) is 5.92 Å². The number of hydrogen-bond acceptors (Lipinski definition) is 3. The molecule has 0 aromatic carbocycles. The molecule has 2 rings (SSSR count). The van der Waals surface area contributed by atoms with Crippen molar-refractivity contribution < 1.29 is 9.13 Å². The van der Waals surface area contributed by atoms with Crippen LogP contribution in [0.2, 0.25) is 0 Å². The molecule has 19 heavy (non-hydrogen) atoms. The van der Waals surface area contributed by atoms with Gasteiger partial charge < -0.3 is 10.1 Å². The molecule has 1 N–H and O–H groups in total. The lowest BCUT2D eigenvalue weighted by molar-refractivity contribution is 0.0680. The number of nitrogens with zero attached hydrogens (tertiary/aromatic N) is 2. The first-order valence-corrected chi connectivity index (χ1v) is 7.47. The first-order valence-electron chi connectivity index (χ1n) is 6.67. The van der Waals surface area contributed by atoms with Crippen LogP contribution in [-0.2, 0) is 17.0 Å². The van der Waals surface area contributed by atoms with Gasteiger partial charge >= 0.3 is 0 Å². The van der Waals surface area contributed by atoms with Crippen LogP contribution in [0.5, 0.6) is 0 Å². The summed E-state index contributed by atoms with van der Waals surface area (Å²) in [5.41, 5.74) is -0.769. The van der Waals surface area contributed by atoms with E-state index in [1.54, 1.807) is 24.9 Å². The van der Waals surface area contributed by atoms with Crippen LogP contribution in [0.3, 0.4) is 0 Å². The smallest absolute Gasteiger partial charge is 0.154 e. The molecule has 0 spiro atoms. The molecule has 1 aromatic heterocycles. The number of ether oxygens (including phenoxy) is 1. The largest absolute Gasteiger partial charge is 0.383 e. The molecule has 6 heteroatoms. The van der Waals surface area contributed by atoms with Crippen molar-refractivity contribution in [3.63, 3.8) is 0 Å². The van der Waals surface area contributed by atoms with E-state index in [2.05, 4.69) is 26.3 Å². The van der Waals surface area contributed by atoms with Gasteiger partial charge in [0.25, 0.3) is 0 Å². The van der Waals surface area contributed by atoms with Crippen LogP contribution in [0.25, 0.3) is 0 Å². The van der Waals surface area contributed by atoms with E-state index in [1.165, 1.54) is 0 Å². The van der Waals surface area contributed by atoms with Gasteiger partial charge in [0.1, 0.15) is 0 Å². The Bertz CT molecular complexity index is 416. The maximum absolute atomic E-state index is 15.3. The van der Waals surface area contributed by atoms with E-state index >= 15 is 4.39 Å². The number of halogens is 2. The molecule has 0 amide bonds. The number of piperidine rings is 1. The van der Waals surface area contributed by atoms with E-state index in [-0.39, 0.29) is 5.92 Å². The Kier molecular flexibility index (Phi) is 4.97. The van der Waals surface area contributed by atoms with E-state index in [0.717, 1.165) is 30.4 Å². The molecule has 4 nitrogen and oxygen atoms in total. The first kappa shape index (κ1) is 14.9.